The Morgan fingerprint density at radius 2 is 2.14 bits per heavy atom. The number of ether oxygens (including phenoxy) is 1. The second kappa shape index (κ2) is 10.4. The van der Waals surface area contributed by atoms with E-state index in [9.17, 15) is 9.90 Å². The Morgan fingerprint density at radius 3 is 2.89 bits per heavy atom. The highest BCUT2D eigenvalue weighted by atomic mass is 16.5. The van der Waals surface area contributed by atoms with Crippen molar-refractivity contribution in [2.24, 2.45) is 0 Å². The molecule has 3 aromatic rings. The van der Waals surface area contributed by atoms with E-state index in [0.29, 0.717) is 31.9 Å². The molecule has 2 aliphatic rings. The number of aryl methyl sites for hydroxylation is 2. The van der Waals surface area contributed by atoms with Gasteiger partial charge >= 0.3 is 0 Å². The number of aromatic nitrogens is 4. The highest BCUT2D eigenvalue weighted by Gasteiger charge is 2.32. The van der Waals surface area contributed by atoms with Crippen molar-refractivity contribution in [1.82, 2.24) is 29.5 Å². The molecule has 0 bridgehead atoms. The number of aromatic amines is 1. The van der Waals surface area contributed by atoms with E-state index in [-0.39, 0.29) is 5.91 Å². The summed E-state index contributed by atoms with van der Waals surface area (Å²) in [6, 6.07) is 7.97. The first-order valence-electron chi connectivity index (χ1n) is 12.9. The van der Waals surface area contributed by atoms with Crippen LogP contribution in [-0.2, 0) is 32.5 Å². The lowest BCUT2D eigenvalue weighted by Gasteiger charge is -2.31. The molecule has 0 spiro atoms. The third kappa shape index (κ3) is 5.03. The largest absolute Gasteiger partial charge is 0.497 e. The SMILES string of the molecule is CCc1nc(CN2CCc3c(c(C(=O)N4CCC[C@@H](O)C4)nn3Cc3cccc(OC)c3)C2)c(C)[nH]1. The van der Waals surface area contributed by atoms with Gasteiger partial charge in [-0.1, -0.05) is 19.1 Å². The Bertz CT molecular complexity index is 1230. The van der Waals surface area contributed by atoms with Crippen LogP contribution in [0.2, 0.25) is 0 Å². The Balaban J connectivity index is 1.45. The van der Waals surface area contributed by atoms with Crippen molar-refractivity contribution in [1.29, 1.82) is 0 Å². The molecule has 1 amide bonds. The highest BCUT2D eigenvalue weighted by Crippen LogP contribution is 2.27. The quantitative estimate of drug-likeness (QED) is 0.526. The predicted molar refractivity (Wildman–Crippen MR) is 136 cm³/mol. The first kappa shape index (κ1) is 24.5. The zero-order chi connectivity index (χ0) is 25.2. The number of amides is 1. The number of methoxy groups -OCH3 is 1. The van der Waals surface area contributed by atoms with Crippen molar-refractivity contribution in [2.75, 3.05) is 26.7 Å². The molecule has 1 fully saturated rings. The molecule has 0 aliphatic carbocycles. The van der Waals surface area contributed by atoms with Gasteiger partial charge in [-0.15, -0.1) is 0 Å². The van der Waals surface area contributed by atoms with Crippen LogP contribution in [0.15, 0.2) is 24.3 Å². The van der Waals surface area contributed by atoms with Crippen molar-refractivity contribution < 1.29 is 14.6 Å². The summed E-state index contributed by atoms with van der Waals surface area (Å²) in [5, 5.41) is 15.0. The summed E-state index contributed by atoms with van der Waals surface area (Å²) >= 11 is 0. The number of fused-ring (bicyclic) bond motifs is 1. The van der Waals surface area contributed by atoms with Crippen LogP contribution in [0.1, 0.15) is 64.3 Å². The van der Waals surface area contributed by atoms with E-state index >= 15 is 0 Å². The lowest BCUT2D eigenvalue weighted by Crippen LogP contribution is -2.43. The number of H-pyrrole nitrogens is 1. The molecule has 192 valence electrons. The summed E-state index contributed by atoms with van der Waals surface area (Å²) in [5.41, 5.74) is 5.87. The fourth-order valence-corrected chi connectivity index (χ4v) is 5.31. The summed E-state index contributed by atoms with van der Waals surface area (Å²) < 4.78 is 7.39. The number of carbonyl (C=O) groups is 1. The van der Waals surface area contributed by atoms with E-state index in [1.807, 2.05) is 22.9 Å². The number of imidazole rings is 1. The molecule has 1 atom stereocenters. The molecular weight excluding hydrogens is 456 g/mol. The maximum atomic E-state index is 13.6. The zero-order valence-electron chi connectivity index (χ0n) is 21.5. The molecule has 9 heteroatoms. The van der Waals surface area contributed by atoms with Gasteiger partial charge in [0.15, 0.2) is 5.69 Å². The van der Waals surface area contributed by atoms with Gasteiger partial charge in [0.2, 0.25) is 0 Å². The average Bonchev–Trinajstić information content (AvgIpc) is 3.43. The number of rotatable bonds is 7. The third-order valence-corrected chi connectivity index (χ3v) is 7.31. The minimum Gasteiger partial charge on any atom is -0.497 e. The summed E-state index contributed by atoms with van der Waals surface area (Å²) in [5.74, 6) is 1.73. The van der Waals surface area contributed by atoms with Crippen LogP contribution in [-0.4, -0.2) is 73.4 Å². The normalized spacial score (nSPS) is 18.3. The molecular formula is C27H36N6O3. The Labute approximate surface area is 212 Å². The van der Waals surface area contributed by atoms with E-state index in [1.165, 1.54) is 0 Å². The van der Waals surface area contributed by atoms with E-state index in [0.717, 1.165) is 78.6 Å². The lowest BCUT2D eigenvalue weighted by atomic mass is 10.0. The fraction of sp³-hybridized carbons (Fsp3) is 0.519. The maximum absolute atomic E-state index is 13.6. The Morgan fingerprint density at radius 1 is 1.28 bits per heavy atom. The Kier molecular flexibility index (Phi) is 7.11. The van der Waals surface area contributed by atoms with Gasteiger partial charge in [0.1, 0.15) is 11.6 Å². The average molecular weight is 493 g/mol. The predicted octanol–water partition coefficient (Wildman–Crippen LogP) is 2.69. The highest BCUT2D eigenvalue weighted by molar-refractivity contribution is 5.94. The van der Waals surface area contributed by atoms with Crippen molar-refractivity contribution in [3.63, 3.8) is 0 Å². The van der Waals surface area contributed by atoms with Gasteiger partial charge in [0.05, 0.1) is 25.5 Å². The van der Waals surface area contributed by atoms with Crippen molar-refractivity contribution in [3.8, 4) is 5.75 Å². The zero-order valence-corrected chi connectivity index (χ0v) is 21.5. The lowest BCUT2D eigenvalue weighted by molar-refractivity contribution is 0.0466. The van der Waals surface area contributed by atoms with Crippen LogP contribution in [0.5, 0.6) is 5.75 Å². The first-order valence-corrected chi connectivity index (χ1v) is 12.9. The van der Waals surface area contributed by atoms with Gasteiger partial charge in [-0.25, -0.2) is 4.98 Å². The topological polar surface area (TPSA) is 99.5 Å². The molecule has 9 nitrogen and oxygen atoms in total. The van der Waals surface area contributed by atoms with Gasteiger partial charge < -0.3 is 19.7 Å². The summed E-state index contributed by atoms with van der Waals surface area (Å²) in [6.45, 7) is 8.03. The van der Waals surface area contributed by atoms with Gasteiger partial charge in [-0.2, -0.15) is 5.10 Å². The van der Waals surface area contributed by atoms with Crippen LogP contribution >= 0.6 is 0 Å². The van der Waals surface area contributed by atoms with Crippen LogP contribution in [0.4, 0.5) is 0 Å². The minimum atomic E-state index is -0.468. The van der Waals surface area contributed by atoms with E-state index in [1.54, 1.807) is 12.0 Å². The number of aliphatic hydroxyl groups excluding tert-OH is 1. The standard InChI is InChI=1S/C27H36N6O3/c1-4-25-28-18(2)23(29-25)17-31-12-10-24-22(16-31)26(27(35)32-11-6-8-20(34)15-32)30-33(24)14-19-7-5-9-21(13-19)36-3/h5,7,9,13,20,34H,4,6,8,10-12,14-17H2,1-3H3,(H,28,29)/t20-/m1/s1. The Hall–Kier alpha value is -3.17. The molecule has 2 aromatic heterocycles. The number of hydrogen-bond donors (Lipinski definition) is 2. The number of nitrogens with zero attached hydrogens (tertiary/aromatic N) is 5. The first-order chi connectivity index (χ1) is 17.4. The molecule has 0 unspecified atom stereocenters. The van der Waals surface area contributed by atoms with Crippen molar-refractivity contribution >= 4 is 5.91 Å². The van der Waals surface area contributed by atoms with E-state index < -0.39 is 6.10 Å². The molecule has 4 heterocycles. The van der Waals surface area contributed by atoms with E-state index in [4.69, 9.17) is 14.8 Å². The van der Waals surface area contributed by atoms with Crippen molar-refractivity contribution in [2.45, 2.75) is 65.3 Å². The molecule has 2 aliphatic heterocycles. The number of hydrogen-bond acceptors (Lipinski definition) is 6. The molecule has 2 N–H and O–H groups in total. The van der Waals surface area contributed by atoms with Crippen LogP contribution in [0.25, 0.3) is 0 Å². The third-order valence-electron chi connectivity index (χ3n) is 7.31. The van der Waals surface area contributed by atoms with Gasteiger partial charge in [-0.05, 0) is 37.5 Å². The maximum Gasteiger partial charge on any atom is 0.274 e. The van der Waals surface area contributed by atoms with Crippen LogP contribution < -0.4 is 4.74 Å². The van der Waals surface area contributed by atoms with Crippen LogP contribution in [0, 0.1) is 6.92 Å². The smallest absolute Gasteiger partial charge is 0.274 e. The second-order valence-electron chi connectivity index (χ2n) is 9.90. The molecule has 0 radical (unpaired) electrons. The van der Waals surface area contributed by atoms with Crippen molar-refractivity contribution in [3.05, 3.63) is 64.0 Å². The second-order valence-corrected chi connectivity index (χ2v) is 9.90. The summed E-state index contributed by atoms with van der Waals surface area (Å²) in [7, 11) is 1.66. The fourth-order valence-electron chi connectivity index (χ4n) is 5.31. The summed E-state index contributed by atoms with van der Waals surface area (Å²) in [6.07, 6.45) is 2.77. The molecule has 1 saturated heterocycles. The number of nitrogens with one attached hydrogen (secondary N) is 1. The van der Waals surface area contributed by atoms with Gasteiger partial charge in [0, 0.05) is 62.5 Å². The molecule has 1 aromatic carbocycles. The number of β-amino-alcohol motifs (C(OH)–C–C–N with tert-alkyl or cyclic N) is 1. The van der Waals surface area contributed by atoms with Crippen LogP contribution in [0.3, 0.4) is 0 Å². The number of benzene rings is 1. The number of piperidine rings is 1. The monoisotopic (exact) mass is 492 g/mol. The molecule has 36 heavy (non-hydrogen) atoms. The summed E-state index contributed by atoms with van der Waals surface area (Å²) in [4.78, 5) is 25.9. The van der Waals surface area contributed by atoms with Gasteiger partial charge in [-0.3, -0.25) is 14.4 Å². The molecule has 0 saturated carbocycles. The number of aliphatic hydroxyl groups is 1. The van der Waals surface area contributed by atoms with Gasteiger partial charge in [0.25, 0.3) is 5.91 Å². The number of likely N-dealkylation sites (tertiary alicyclic amines) is 1. The minimum absolute atomic E-state index is 0.0829. The van der Waals surface area contributed by atoms with E-state index in [2.05, 4.69) is 29.8 Å². The number of carbonyl (C=O) groups excluding carboxylic acids is 1. The molecule has 5 rings (SSSR count).